The van der Waals surface area contributed by atoms with Gasteiger partial charge in [-0.25, -0.2) is 9.97 Å². The molecule has 4 heteroatoms. The van der Waals surface area contributed by atoms with Crippen LogP contribution in [0.5, 0.6) is 0 Å². The predicted molar refractivity (Wildman–Crippen MR) is 79.3 cm³/mol. The Kier molecular flexibility index (Phi) is 5.14. The minimum atomic E-state index is 0.399. The van der Waals surface area contributed by atoms with Crippen LogP contribution in [0.3, 0.4) is 0 Å². The van der Waals surface area contributed by atoms with Crippen LogP contribution in [0.25, 0.3) is 0 Å². The van der Waals surface area contributed by atoms with Crippen LogP contribution in [-0.2, 0) is 6.42 Å². The molecule has 2 N–H and O–H groups in total. The van der Waals surface area contributed by atoms with E-state index in [1.165, 1.54) is 12.8 Å². The van der Waals surface area contributed by atoms with Crippen molar-refractivity contribution in [3.63, 3.8) is 0 Å². The second-order valence-electron chi connectivity index (χ2n) is 5.47. The van der Waals surface area contributed by atoms with Crippen molar-refractivity contribution in [1.29, 1.82) is 0 Å². The average Bonchev–Trinajstić information content (AvgIpc) is 2.43. The average molecular weight is 262 g/mol. The molecular formula is C15H26N4. The van der Waals surface area contributed by atoms with Gasteiger partial charge < -0.3 is 10.6 Å². The summed E-state index contributed by atoms with van der Waals surface area (Å²) in [6.07, 6.45) is 8.49. The molecule has 4 nitrogen and oxygen atoms in total. The first-order valence-corrected chi connectivity index (χ1v) is 7.57. The van der Waals surface area contributed by atoms with E-state index in [0.29, 0.717) is 12.1 Å². The molecule has 19 heavy (non-hydrogen) atoms. The Morgan fingerprint density at radius 3 is 2.58 bits per heavy atom. The van der Waals surface area contributed by atoms with Crippen molar-refractivity contribution in [2.45, 2.75) is 64.5 Å². The molecule has 1 aromatic heterocycles. The molecule has 1 saturated carbocycles. The minimum Gasteiger partial charge on any atom is -0.354 e. The third-order valence-electron chi connectivity index (χ3n) is 4.03. The van der Waals surface area contributed by atoms with Crippen LogP contribution < -0.4 is 10.6 Å². The monoisotopic (exact) mass is 262 g/mol. The van der Waals surface area contributed by atoms with Gasteiger partial charge in [0.1, 0.15) is 12.1 Å². The molecule has 0 aromatic carbocycles. The molecule has 1 heterocycles. The molecule has 2 rings (SSSR count). The van der Waals surface area contributed by atoms with Crippen molar-refractivity contribution in [3.05, 3.63) is 18.1 Å². The number of hydrogen-bond acceptors (Lipinski definition) is 4. The van der Waals surface area contributed by atoms with E-state index in [1.807, 2.05) is 0 Å². The summed E-state index contributed by atoms with van der Waals surface area (Å²) in [4.78, 5) is 11.2. The maximum Gasteiger partial charge on any atom is 0.132 e. The van der Waals surface area contributed by atoms with Crippen molar-refractivity contribution in [1.82, 2.24) is 9.97 Å². The lowest BCUT2D eigenvalue weighted by Crippen LogP contribution is -2.41. The Balaban J connectivity index is 2.10. The summed E-state index contributed by atoms with van der Waals surface area (Å²) in [5, 5.41) is 0. The van der Waals surface area contributed by atoms with Crippen molar-refractivity contribution >= 4 is 5.82 Å². The van der Waals surface area contributed by atoms with E-state index in [1.54, 1.807) is 6.33 Å². The van der Waals surface area contributed by atoms with Crippen LogP contribution in [0.1, 0.15) is 51.6 Å². The number of nitrogens with zero attached hydrogens (tertiary/aromatic N) is 3. The Labute approximate surface area is 116 Å². The van der Waals surface area contributed by atoms with E-state index in [2.05, 4.69) is 34.8 Å². The van der Waals surface area contributed by atoms with Gasteiger partial charge in [0.15, 0.2) is 0 Å². The number of rotatable bonds is 5. The number of hydrogen-bond donors (Lipinski definition) is 1. The molecule has 1 fully saturated rings. The normalized spacial score (nSPS) is 23.3. The fourth-order valence-corrected chi connectivity index (χ4v) is 2.96. The number of nitrogens with two attached hydrogens (primary N) is 1. The highest BCUT2D eigenvalue weighted by Gasteiger charge is 2.24. The molecular weight excluding hydrogens is 236 g/mol. The lowest BCUT2D eigenvalue weighted by molar-refractivity contribution is 0.376. The van der Waals surface area contributed by atoms with Crippen molar-refractivity contribution in [2.75, 3.05) is 11.4 Å². The molecule has 0 radical (unpaired) electrons. The van der Waals surface area contributed by atoms with Gasteiger partial charge in [-0.1, -0.05) is 13.3 Å². The third kappa shape index (κ3) is 3.66. The lowest BCUT2D eigenvalue weighted by atomic mass is 9.90. The molecule has 0 atom stereocenters. The maximum atomic E-state index is 6.00. The maximum absolute atomic E-state index is 6.00. The largest absolute Gasteiger partial charge is 0.354 e. The second kappa shape index (κ2) is 6.85. The quantitative estimate of drug-likeness (QED) is 0.886. The molecule has 0 saturated heterocycles. The smallest absolute Gasteiger partial charge is 0.132 e. The summed E-state index contributed by atoms with van der Waals surface area (Å²) in [5.74, 6) is 1.08. The molecule has 0 aliphatic heterocycles. The van der Waals surface area contributed by atoms with E-state index in [9.17, 15) is 0 Å². The SMILES string of the molecule is CCCc1cc(N(CC)C2CCC(N)CC2)ncn1. The molecule has 1 aromatic rings. The van der Waals surface area contributed by atoms with Crippen molar-refractivity contribution in [2.24, 2.45) is 5.73 Å². The van der Waals surface area contributed by atoms with Crippen LogP contribution >= 0.6 is 0 Å². The van der Waals surface area contributed by atoms with Crippen LogP contribution in [0, 0.1) is 0 Å². The van der Waals surface area contributed by atoms with Crippen molar-refractivity contribution < 1.29 is 0 Å². The lowest BCUT2D eigenvalue weighted by Gasteiger charge is -2.36. The van der Waals surface area contributed by atoms with Crippen molar-refractivity contribution in [3.8, 4) is 0 Å². The summed E-state index contributed by atoms with van der Waals surface area (Å²) in [7, 11) is 0. The summed E-state index contributed by atoms with van der Waals surface area (Å²) < 4.78 is 0. The van der Waals surface area contributed by atoms with E-state index in [4.69, 9.17) is 5.73 Å². The predicted octanol–water partition coefficient (Wildman–Crippen LogP) is 2.53. The Morgan fingerprint density at radius 1 is 1.21 bits per heavy atom. The highest BCUT2D eigenvalue weighted by Crippen LogP contribution is 2.25. The molecule has 0 amide bonds. The first-order chi connectivity index (χ1) is 9.24. The van der Waals surface area contributed by atoms with E-state index in [0.717, 1.165) is 43.7 Å². The van der Waals surface area contributed by atoms with Crippen LogP contribution in [0.2, 0.25) is 0 Å². The number of anilines is 1. The number of aryl methyl sites for hydroxylation is 1. The van der Waals surface area contributed by atoms with Gasteiger partial charge in [-0.2, -0.15) is 0 Å². The van der Waals surface area contributed by atoms with E-state index < -0.39 is 0 Å². The second-order valence-corrected chi connectivity index (χ2v) is 5.47. The summed E-state index contributed by atoms with van der Waals surface area (Å²) >= 11 is 0. The minimum absolute atomic E-state index is 0.399. The Hall–Kier alpha value is -1.16. The molecule has 0 spiro atoms. The highest BCUT2D eigenvalue weighted by molar-refractivity contribution is 5.40. The summed E-state index contributed by atoms with van der Waals surface area (Å²) in [6, 6.07) is 3.15. The van der Waals surface area contributed by atoms with Gasteiger partial charge in [0, 0.05) is 30.4 Å². The van der Waals surface area contributed by atoms with Gasteiger partial charge in [-0.05, 0) is 39.0 Å². The fraction of sp³-hybridized carbons (Fsp3) is 0.733. The van der Waals surface area contributed by atoms with Gasteiger partial charge in [0.25, 0.3) is 0 Å². The molecule has 1 aliphatic carbocycles. The zero-order valence-electron chi connectivity index (χ0n) is 12.2. The van der Waals surface area contributed by atoms with Crippen LogP contribution in [0.15, 0.2) is 12.4 Å². The first kappa shape index (κ1) is 14.3. The topological polar surface area (TPSA) is 55.0 Å². The molecule has 1 aliphatic rings. The van der Waals surface area contributed by atoms with Crippen LogP contribution in [-0.4, -0.2) is 28.6 Å². The zero-order valence-corrected chi connectivity index (χ0v) is 12.2. The summed E-state index contributed by atoms with van der Waals surface area (Å²) in [5.41, 5.74) is 7.15. The van der Waals surface area contributed by atoms with Gasteiger partial charge in [-0.3, -0.25) is 0 Å². The first-order valence-electron chi connectivity index (χ1n) is 7.57. The zero-order chi connectivity index (χ0) is 13.7. The van der Waals surface area contributed by atoms with E-state index in [-0.39, 0.29) is 0 Å². The van der Waals surface area contributed by atoms with Gasteiger partial charge in [0.05, 0.1) is 0 Å². The third-order valence-corrected chi connectivity index (χ3v) is 4.03. The molecule has 0 bridgehead atoms. The number of aromatic nitrogens is 2. The summed E-state index contributed by atoms with van der Waals surface area (Å²) in [6.45, 7) is 5.39. The van der Waals surface area contributed by atoms with E-state index >= 15 is 0 Å². The van der Waals surface area contributed by atoms with Crippen LogP contribution in [0.4, 0.5) is 5.82 Å². The molecule has 106 valence electrons. The molecule has 0 unspecified atom stereocenters. The highest BCUT2D eigenvalue weighted by atomic mass is 15.2. The Morgan fingerprint density at radius 2 is 1.95 bits per heavy atom. The van der Waals surface area contributed by atoms with Gasteiger partial charge >= 0.3 is 0 Å². The Bertz CT molecular complexity index is 385. The van der Waals surface area contributed by atoms with Gasteiger partial charge in [0.2, 0.25) is 0 Å². The van der Waals surface area contributed by atoms with Gasteiger partial charge in [-0.15, -0.1) is 0 Å². The standard InChI is InChI=1S/C15H26N4/c1-3-5-13-10-15(18-11-17-13)19(4-2)14-8-6-12(16)7-9-14/h10-12,14H,3-9,16H2,1-2H3. The fourth-order valence-electron chi connectivity index (χ4n) is 2.96.